The van der Waals surface area contributed by atoms with E-state index in [0.29, 0.717) is 5.02 Å². The highest BCUT2D eigenvalue weighted by atomic mass is 35.5. The summed E-state index contributed by atoms with van der Waals surface area (Å²) in [5.41, 5.74) is 0. The van der Waals surface area contributed by atoms with Gasteiger partial charge in [-0.25, -0.2) is 15.0 Å². The minimum Gasteiger partial charge on any atom is -0.355 e. The Hall–Kier alpha value is -1.73. The van der Waals surface area contributed by atoms with Crippen LogP contribution in [-0.4, -0.2) is 65.7 Å². The maximum Gasteiger partial charge on any atom is 0.147 e. The number of thioether (sulfide) groups is 1. The van der Waals surface area contributed by atoms with Crippen LogP contribution in [0.5, 0.6) is 0 Å². The fraction of sp³-hybridized carbons (Fsp3) is 0.471. The van der Waals surface area contributed by atoms with E-state index < -0.39 is 0 Å². The van der Waals surface area contributed by atoms with E-state index in [0.717, 1.165) is 56.7 Å². The van der Waals surface area contributed by atoms with Crippen molar-refractivity contribution < 1.29 is 0 Å². The van der Waals surface area contributed by atoms with Crippen molar-refractivity contribution in [1.82, 2.24) is 15.0 Å². The number of anilines is 3. The minimum absolute atomic E-state index is 0.711. The van der Waals surface area contributed by atoms with Crippen molar-refractivity contribution in [2.45, 2.75) is 0 Å². The topological polar surface area (TPSA) is 48.4 Å². The summed E-state index contributed by atoms with van der Waals surface area (Å²) >= 11 is 8.28. The van der Waals surface area contributed by atoms with Crippen molar-refractivity contribution in [3.63, 3.8) is 0 Å². The summed E-state index contributed by atoms with van der Waals surface area (Å²) in [6, 6.07) is 5.88. The number of pyridine rings is 1. The molecule has 0 saturated carbocycles. The van der Waals surface area contributed by atoms with Crippen molar-refractivity contribution in [3.8, 4) is 0 Å². The van der Waals surface area contributed by atoms with Crippen LogP contribution in [0.15, 0.2) is 30.7 Å². The second-order valence-corrected chi connectivity index (χ2v) is 7.75. The van der Waals surface area contributed by atoms with Crippen LogP contribution in [0.3, 0.4) is 0 Å². The molecule has 25 heavy (non-hydrogen) atoms. The molecule has 2 aromatic heterocycles. The maximum absolute atomic E-state index is 6.27. The number of rotatable bonds is 3. The van der Waals surface area contributed by atoms with Gasteiger partial charge < -0.3 is 14.7 Å². The van der Waals surface area contributed by atoms with E-state index in [9.17, 15) is 0 Å². The van der Waals surface area contributed by atoms with E-state index >= 15 is 0 Å². The smallest absolute Gasteiger partial charge is 0.147 e. The van der Waals surface area contributed by atoms with Gasteiger partial charge in [-0.15, -0.1) is 0 Å². The van der Waals surface area contributed by atoms with Crippen molar-refractivity contribution in [1.29, 1.82) is 0 Å². The van der Waals surface area contributed by atoms with E-state index in [1.54, 1.807) is 12.5 Å². The molecule has 0 radical (unpaired) electrons. The first-order valence-electron chi connectivity index (χ1n) is 8.56. The lowest BCUT2D eigenvalue weighted by Crippen LogP contribution is -2.47. The zero-order valence-electron chi connectivity index (χ0n) is 14.0. The molecule has 0 spiro atoms. The zero-order valence-corrected chi connectivity index (χ0v) is 15.6. The summed E-state index contributed by atoms with van der Waals surface area (Å²) in [6.07, 6.45) is 3.48. The van der Waals surface area contributed by atoms with Gasteiger partial charge >= 0.3 is 0 Å². The standard InChI is InChI=1S/C17H21ClN6S/c18-14-2-1-3-19-17(14)24-6-4-22(5-7-24)15-12-16(21-13-20-15)23-8-10-25-11-9-23/h1-3,12-13H,4-11H2. The van der Waals surface area contributed by atoms with Crippen LogP contribution in [0.25, 0.3) is 0 Å². The monoisotopic (exact) mass is 376 g/mol. The molecule has 2 saturated heterocycles. The number of halogens is 1. The fourth-order valence-electron chi connectivity index (χ4n) is 3.23. The first-order chi connectivity index (χ1) is 12.3. The minimum atomic E-state index is 0.711. The van der Waals surface area contributed by atoms with Crippen molar-refractivity contribution in [2.24, 2.45) is 0 Å². The molecule has 0 bridgehead atoms. The Bertz CT molecular complexity index is 716. The molecule has 0 aromatic carbocycles. The van der Waals surface area contributed by atoms with E-state index in [2.05, 4.69) is 35.7 Å². The Kier molecular flexibility index (Phi) is 5.12. The lowest BCUT2D eigenvalue weighted by atomic mass is 10.3. The lowest BCUT2D eigenvalue weighted by molar-refractivity contribution is 0.640. The number of piperazine rings is 1. The molecule has 2 aliphatic rings. The van der Waals surface area contributed by atoms with Gasteiger partial charge in [-0.05, 0) is 12.1 Å². The van der Waals surface area contributed by atoms with E-state index in [-0.39, 0.29) is 0 Å². The molecule has 2 aromatic rings. The van der Waals surface area contributed by atoms with Gasteiger partial charge in [-0.2, -0.15) is 11.8 Å². The van der Waals surface area contributed by atoms with Gasteiger partial charge in [0.15, 0.2) is 0 Å². The number of aromatic nitrogens is 3. The van der Waals surface area contributed by atoms with E-state index in [1.165, 1.54) is 11.5 Å². The SMILES string of the molecule is Clc1cccnc1N1CCN(c2cc(N3CCSCC3)ncn2)CC1. The maximum atomic E-state index is 6.27. The summed E-state index contributed by atoms with van der Waals surface area (Å²) in [4.78, 5) is 20.3. The molecule has 4 rings (SSSR count). The van der Waals surface area contributed by atoms with Crippen LogP contribution in [-0.2, 0) is 0 Å². The van der Waals surface area contributed by atoms with E-state index in [4.69, 9.17) is 11.6 Å². The molecule has 8 heteroatoms. The molecule has 2 fully saturated rings. The molecule has 4 heterocycles. The molecule has 0 aliphatic carbocycles. The molecule has 132 valence electrons. The summed E-state index contributed by atoms with van der Waals surface area (Å²) in [5.74, 6) is 5.26. The van der Waals surface area contributed by atoms with Crippen LogP contribution in [0.2, 0.25) is 5.02 Å². The number of hydrogen-bond acceptors (Lipinski definition) is 7. The number of hydrogen-bond donors (Lipinski definition) is 0. The average molecular weight is 377 g/mol. The van der Waals surface area contributed by atoms with Crippen molar-refractivity contribution in [3.05, 3.63) is 35.7 Å². The molecular weight excluding hydrogens is 356 g/mol. The second kappa shape index (κ2) is 7.66. The Morgan fingerprint density at radius 3 is 2.16 bits per heavy atom. The van der Waals surface area contributed by atoms with Gasteiger partial charge in [0.25, 0.3) is 0 Å². The molecule has 0 atom stereocenters. The first-order valence-corrected chi connectivity index (χ1v) is 10.1. The largest absolute Gasteiger partial charge is 0.355 e. The summed E-state index contributed by atoms with van der Waals surface area (Å²) < 4.78 is 0. The normalized spacial score (nSPS) is 18.5. The third-order valence-corrected chi connectivity index (χ3v) is 5.85. The average Bonchev–Trinajstić information content (AvgIpc) is 2.69. The molecule has 2 aliphatic heterocycles. The molecular formula is C17H21ClN6S. The Labute approximate surface area is 157 Å². The highest BCUT2D eigenvalue weighted by Crippen LogP contribution is 2.25. The number of nitrogens with zero attached hydrogens (tertiary/aromatic N) is 6. The van der Waals surface area contributed by atoms with Crippen LogP contribution < -0.4 is 14.7 Å². The Morgan fingerprint density at radius 2 is 1.48 bits per heavy atom. The molecule has 6 nitrogen and oxygen atoms in total. The first kappa shape index (κ1) is 16.7. The third kappa shape index (κ3) is 3.77. The fourth-order valence-corrected chi connectivity index (χ4v) is 4.38. The Morgan fingerprint density at radius 1 is 0.840 bits per heavy atom. The molecule has 0 N–H and O–H groups in total. The van der Waals surface area contributed by atoms with Crippen LogP contribution in [0.1, 0.15) is 0 Å². The van der Waals surface area contributed by atoms with Gasteiger partial charge in [0.2, 0.25) is 0 Å². The zero-order chi connectivity index (χ0) is 17.1. The molecule has 0 amide bonds. The third-order valence-electron chi connectivity index (χ3n) is 4.62. The predicted octanol–water partition coefficient (Wildman–Crippen LogP) is 2.40. The highest BCUT2D eigenvalue weighted by Gasteiger charge is 2.22. The van der Waals surface area contributed by atoms with Crippen LogP contribution in [0, 0.1) is 0 Å². The van der Waals surface area contributed by atoms with Crippen LogP contribution >= 0.6 is 23.4 Å². The van der Waals surface area contributed by atoms with Gasteiger partial charge in [-0.3, -0.25) is 0 Å². The Balaban J connectivity index is 1.43. The summed E-state index contributed by atoms with van der Waals surface area (Å²) in [7, 11) is 0. The van der Waals surface area contributed by atoms with Gasteiger partial charge in [0.1, 0.15) is 23.8 Å². The van der Waals surface area contributed by atoms with E-state index in [1.807, 2.05) is 23.9 Å². The van der Waals surface area contributed by atoms with Gasteiger partial charge in [0.05, 0.1) is 5.02 Å². The predicted molar refractivity (Wildman–Crippen MR) is 105 cm³/mol. The van der Waals surface area contributed by atoms with Gasteiger partial charge in [0, 0.05) is 63.0 Å². The quantitative estimate of drug-likeness (QED) is 0.815. The van der Waals surface area contributed by atoms with Crippen molar-refractivity contribution >= 4 is 40.8 Å². The molecule has 0 unspecified atom stereocenters. The lowest BCUT2D eigenvalue weighted by Gasteiger charge is -2.36. The summed E-state index contributed by atoms with van der Waals surface area (Å²) in [6.45, 7) is 5.70. The second-order valence-electron chi connectivity index (χ2n) is 6.12. The highest BCUT2D eigenvalue weighted by molar-refractivity contribution is 7.99. The summed E-state index contributed by atoms with van der Waals surface area (Å²) in [5, 5.41) is 0.711. The van der Waals surface area contributed by atoms with Crippen LogP contribution in [0.4, 0.5) is 17.5 Å². The van der Waals surface area contributed by atoms with Gasteiger partial charge in [-0.1, -0.05) is 11.6 Å². The van der Waals surface area contributed by atoms with Crippen molar-refractivity contribution in [2.75, 3.05) is 65.5 Å².